The lowest BCUT2D eigenvalue weighted by Gasteiger charge is -2.15. The van der Waals surface area contributed by atoms with Crippen LogP contribution in [0.1, 0.15) is 29.7 Å². The number of methoxy groups -OCH3 is 1. The lowest BCUT2D eigenvalue weighted by atomic mass is 10.00. The maximum Gasteiger partial charge on any atom is 0.334 e. The minimum atomic E-state index is -0.382. The number of rotatable bonds is 4. The highest BCUT2D eigenvalue weighted by molar-refractivity contribution is 5.89. The minimum Gasteiger partial charge on any atom is -0.449 e. The average molecular weight is 294 g/mol. The lowest BCUT2D eigenvalue weighted by Crippen LogP contribution is -2.11. The van der Waals surface area contributed by atoms with Crippen LogP contribution >= 0.6 is 0 Å². The fourth-order valence-electron chi connectivity index (χ4n) is 2.90. The van der Waals surface area contributed by atoms with Crippen molar-refractivity contribution in [3.63, 3.8) is 0 Å². The number of benzene rings is 2. The molecule has 1 unspecified atom stereocenters. The molecule has 1 atom stereocenters. The van der Waals surface area contributed by atoms with E-state index in [2.05, 4.69) is 12.6 Å². The predicted octanol–water partition coefficient (Wildman–Crippen LogP) is 4.02. The maximum atomic E-state index is 12.0. The summed E-state index contributed by atoms with van der Waals surface area (Å²) in [6, 6.07) is 14.0. The molecular formula is C19H18O3. The summed E-state index contributed by atoms with van der Waals surface area (Å²) in [4.78, 5) is 12.0. The van der Waals surface area contributed by atoms with E-state index in [0.29, 0.717) is 12.2 Å². The van der Waals surface area contributed by atoms with Gasteiger partial charge in [-0.1, -0.05) is 49.0 Å². The molecule has 0 bridgehead atoms. The van der Waals surface area contributed by atoms with Crippen molar-refractivity contribution in [1.29, 1.82) is 0 Å². The molecule has 0 aromatic heterocycles. The van der Waals surface area contributed by atoms with Gasteiger partial charge in [-0.25, -0.2) is 4.79 Å². The summed E-state index contributed by atoms with van der Waals surface area (Å²) in [5.74, 6) is -0.371. The van der Waals surface area contributed by atoms with Gasteiger partial charge in [0.2, 0.25) is 0 Å². The Labute approximate surface area is 130 Å². The van der Waals surface area contributed by atoms with E-state index < -0.39 is 0 Å². The summed E-state index contributed by atoms with van der Waals surface area (Å²) in [5, 5.41) is 0. The quantitative estimate of drug-likeness (QED) is 0.631. The maximum absolute atomic E-state index is 12.0. The summed E-state index contributed by atoms with van der Waals surface area (Å²) in [6.07, 6.45) is -0.382. The van der Waals surface area contributed by atoms with Gasteiger partial charge in [0.1, 0.15) is 0 Å². The van der Waals surface area contributed by atoms with Crippen molar-refractivity contribution in [3.05, 3.63) is 71.3 Å². The molecule has 0 saturated heterocycles. The van der Waals surface area contributed by atoms with Gasteiger partial charge < -0.3 is 9.47 Å². The summed E-state index contributed by atoms with van der Waals surface area (Å²) in [6.45, 7) is 5.85. The van der Waals surface area contributed by atoms with Crippen molar-refractivity contribution in [3.8, 4) is 11.1 Å². The number of ether oxygens (including phenoxy) is 2. The first-order chi connectivity index (χ1) is 10.6. The van der Waals surface area contributed by atoms with Crippen LogP contribution < -0.4 is 0 Å². The first kappa shape index (κ1) is 14.5. The van der Waals surface area contributed by atoms with Gasteiger partial charge in [0.05, 0.1) is 6.61 Å². The molecule has 0 N–H and O–H groups in total. The van der Waals surface area contributed by atoms with Crippen molar-refractivity contribution in [1.82, 2.24) is 0 Å². The molecule has 1 aliphatic rings. The predicted molar refractivity (Wildman–Crippen MR) is 85.3 cm³/mol. The van der Waals surface area contributed by atoms with Crippen molar-refractivity contribution < 1.29 is 14.3 Å². The first-order valence-corrected chi connectivity index (χ1v) is 7.20. The summed E-state index contributed by atoms with van der Waals surface area (Å²) in [5.41, 5.74) is 5.73. The van der Waals surface area contributed by atoms with Crippen LogP contribution in [0.4, 0.5) is 0 Å². The van der Waals surface area contributed by atoms with E-state index in [1.54, 1.807) is 14.0 Å². The van der Waals surface area contributed by atoms with E-state index in [-0.39, 0.29) is 12.1 Å². The third kappa shape index (κ3) is 2.34. The molecular weight excluding hydrogens is 276 g/mol. The Morgan fingerprint density at radius 2 is 1.86 bits per heavy atom. The monoisotopic (exact) mass is 294 g/mol. The molecule has 1 aliphatic carbocycles. The molecule has 112 valence electrons. The number of hydrogen-bond acceptors (Lipinski definition) is 3. The second-order valence-corrected chi connectivity index (χ2v) is 5.47. The highest BCUT2D eigenvalue weighted by Crippen LogP contribution is 2.47. The summed E-state index contributed by atoms with van der Waals surface area (Å²) >= 11 is 0. The van der Waals surface area contributed by atoms with E-state index in [0.717, 1.165) is 27.8 Å². The van der Waals surface area contributed by atoms with Crippen LogP contribution in [0.2, 0.25) is 0 Å². The number of hydrogen-bond donors (Lipinski definition) is 0. The fraction of sp³-hybridized carbons (Fsp3) is 0.211. The van der Waals surface area contributed by atoms with Gasteiger partial charge in [-0.15, -0.1) is 0 Å². The SMILES string of the molecule is C=C(C)C(=O)OC1c2ccccc2-c2c(COC)cccc21. The molecule has 0 heterocycles. The van der Waals surface area contributed by atoms with E-state index in [9.17, 15) is 4.79 Å². The van der Waals surface area contributed by atoms with Crippen molar-refractivity contribution in [2.75, 3.05) is 7.11 Å². The third-order valence-corrected chi connectivity index (χ3v) is 3.85. The molecule has 3 heteroatoms. The van der Waals surface area contributed by atoms with Gasteiger partial charge in [0, 0.05) is 23.8 Å². The van der Waals surface area contributed by atoms with Gasteiger partial charge in [0.15, 0.2) is 6.10 Å². The van der Waals surface area contributed by atoms with Gasteiger partial charge >= 0.3 is 5.97 Å². The first-order valence-electron chi connectivity index (χ1n) is 7.20. The largest absolute Gasteiger partial charge is 0.449 e. The van der Waals surface area contributed by atoms with E-state index in [1.165, 1.54) is 0 Å². The highest BCUT2D eigenvalue weighted by atomic mass is 16.5. The zero-order chi connectivity index (χ0) is 15.7. The van der Waals surface area contributed by atoms with Crippen molar-refractivity contribution in [2.24, 2.45) is 0 Å². The lowest BCUT2D eigenvalue weighted by molar-refractivity contribution is -0.142. The van der Waals surface area contributed by atoms with Crippen LogP contribution in [0.5, 0.6) is 0 Å². The van der Waals surface area contributed by atoms with Crippen LogP contribution in [0.3, 0.4) is 0 Å². The Morgan fingerprint density at radius 3 is 2.59 bits per heavy atom. The van der Waals surface area contributed by atoms with Crippen molar-refractivity contribution in [2.45, 2.75) is 19.6 Å². The second kappa shape index (κ2) is 5.78. The fourth-order valence-corrected chi connectivity index (χ4v) is 2.90. The Balaban J connectivity index is 2.13. The Hall–Kier alpha value is -2.39. The Kier molecular flexibility index (Phi) is 3.82. The molecule has 0 radical (unpaired) electrons. The van der Waals surface area contributed by atoms with Crippen LogP contribution in [0.25, 0.3) is 11.1 Å². The molecule has 2 aromatic carbocycles. The van der Waals surface area contributed by atoms with Gasteiger partial charge in [-0.2, -0.15) is 0 Å². The number of esters is 1. The Bertz CT molecular complexity index is 746. The van der Waals surface area contributed by atoms with Gasteiger partial charge in [-0.05, 0) is 23.6 Å². The molecule has 0 spiro atoms. The van der Waals surface area contributed by atoms with Crippen molar-refractivity contribution >= 4 is 5.97 Å². The summed E-state index contributed by atoms with van der Waals surface area (Å²) < 4.78 is 11.0. The van der Waals surface area contributed by atoms with Crippen LogP contribution in [0, 0.1) is 0 Å². The third-order valence-electron chi connectivity index (χ3n) is 3.85. The molecule has 0 aliphatic heterocycles. The van der Waals surface area contributed by atoms with E-state index >= 15 is 0 Å². The molecule has 3 nitrogen and oxygen atoms in total. The number of carbonyl (C=O) groups excluding carboxylic acids is 1. The highest BCUT2D eigenvalue weighted by Gasteiger charge is 2.32. The molecule has 0 amide bonds. The topological polar surface area (TPSA) is 35.5 Å². The van der Waals surface area contributed by atoms with Gasteiger partial charge in [0.25, 0.3) is 0 Å². The van der Waals surface area contributed by atoms with Gasteiger partial charge in [-0.3, -0.25) is 0 Å². The summed E-state index contributed by atoms with van der Waals surface area (Å²) in [7, 11) is 1.68. The van der Waals surface area contributed by atoms with Crippen LogP contribution in [0.15, 0.2) is 54.6 Å². The number of fused-ring (bicyclic) bond motifs is 3. The standard InChI is InChI=1S/C19H18O3/c1-12(2)19(20)22-18-15-9-5-4-8-14(15)17-13(11-21-3)7-6-10-16(17)18/h4-10,18H,1,11H2,2-3H3. The molecule has 0 fully saturated rings. The normalized spacial score (nSPS) is 15.1. The Morgan fingerprint density at radius 1 is 1.14 bits per heavy atom. The van der Waals surface area contributed by atoms with Crippen LogP contribution in [-0.2, 0) is 20.9 Å². The minimum absolute atomic E-state index is 0.371. The van der Waals surface area contributed by atoms with E-state index in [4.69, 9.17) is 9.47 Å². The molecule has 22 heavy (non-hydrogen) atoms. The molecule has 0 saturated carbocycles. The smallest absolute Gasteiger partial charge is 0.334 e. The number of carbonyl (C=O) groups is 1. The van der Waals surface area contributed by atoms with E-state index in [1.807, 2.05) is 36.4 Å². The second-order valence-electron chi connectivity index (χ2n) is 5.47. The average Bonchev–Trinajstić information content (AvgIpc) is 2.83. The zero-order valence-corrected chi connectivity index (χ0v) is 12.8. The van der Waals surface area contributed by atoms with Crippen LogP contribution in [-0.4, -0.2) is 13.1 Å². The molecule has 3 rings (SSSR count). The zero-order valence-electron chi connectivity index (χ0n) is 12.8. The molecule has 2 aromatic rings.